The largest absolute Gasteiger partial charge is 0.508 e. The van der Waals surface area contributed by atoms with Gasteiger partial charge in [0.25, 0.3) is 0 Å². The fourth-order valence-corrected chi connectivity index (χ4v) is 4.67. The van der Waals surface area contributed by atoms with Crippen LogP contribution in [0.2, 0.25) is 0 Å². The van der Waals surface area contributed by atoms with Gasteiger partial charge in [0, 0.05) is 23.9 Å². The van der Waals surface area contributed by atoms with Crippen LogP contribution in [0.1, 0.15) is 53.1 Å². The maximum absolute atomic E-state index is 13.0. The first kappa shape index (κ1) is 17.2. The summed E-state index contributed by atoms with van der Waals surface area (Å²) in [6.45, 7) is 1.97. The van der Waals surface area contributed by atoms with Gasteiger partial charge in [0.05, 0.1) is 0 Å². The lowest BCUT2D eigenvalue weighted by Gasteiger charge is -2.33. The maximum atomic E-state index is 13.0. The lowest BCUT2D eigenvalue weighted by atomic mass is 9.79. The topological polar surface area (TPSA) is 40.5 Å². The van der Waals surface area contributed by atoms with Crippen LogP contribution in [0.25, 0.3) is 0 Å². The van der Waals surface area contributed by atoms with Crippen molar-refractivity contribution in [2.75, 3.05) is 13.1 Å². The first-order valence-electron chi connectivity index (χ1n) is 9.47. The van der Waals surface area contributed by atoms with Crippen LogP contribution in [0.4, 0.5) is 4.39 Å². The number of aromatic hydroxyl groups is 1. The zero-order valence-electron chi connectivity index (χ0n) is 14.8. The number of phenols is 1. The Kier molecular flexibility index (Phi) is 4.77. The molecule has 1 heterocycles. The van der Waals surface area contributed by atoms with Crippen LogP contribution in [-0.4, -0.2) is 34.9 Å². The van der Waals surface area contributed by atoms with Gasteiger partial charge in [0.1, 0.15) is 11.6 Å². The molecule has 1 saturated heterocycles. The number of ketones is 1. The molecule has 0 bridgehead atoms. The number of nitrogens with zero attached hydrogens (tertiary/aromatic N) is 1. The van der Waals surface area contributed by atoms with E-state index in [1.807, 2.05) is 6.07 Å². The highest BCUT2D eigenvalue weighted by Crippen LogP contribution is 2.43. The molecular formula is C22H24FNO2. The van der Waals surface area contributed by atoms with E-state index in [9.17, 15) is 14.3 Å². The Morgan fingerprint density at radius 3 is 2.77 bits per heavy atom. The number of carbonyl (C=O) groups is 1. The van der Waals surface area contributed by atoms with Crippen molar-refractivity contribution in [2.24, 2.45) is 0 Å². The molecule has 2 aliphatic rings. The van der Waals surface area contributed by atoms with Gasteiger partial charge in [-0.05, 0) is 80.2 Å². The molecule has 0 radical (unpaired) electrons. The standard InChI is InChI=1S/C22H24FNO2/c23-16-8-6-15(7-9-16)21(25)5-2-13-24-14-12-18-17-3-1-4-22(26)19(17)10-11-20(18)24/h1,3-4,6-9,18,20,26H,2,5,10-14H2. The van der Waals surface area contributed by atoms with Crippen LogP contribution in [0, 0.1) is 5.82 Å². The summed E-state index contributed by atoms with van der Waals surface area (Å²) in [5.74, 6) is 0.705. The van der Waals surface area contributed by atoms with Crippen LogP contribution in [0.3, 0.4) is 0 Å². The Balaban J connectivity index is 1.34. The van der Waals surface area contributed by atoms with Gasteiger partial charge in [-0.3, -0.25) is 9.69 Å². The van der Waals surface area contributed by atoms with Crippen molar-refractivity contribution in [2.45, 2.75) is 44.1 Å². The fourth-order valence-electron chi connectivity index (χ4n) is 4.67. The van der Waals surface area contributed by atoms with Gasteiger partial charge in [-0.25, -0.2) is 4.39 Å². The van der Waals surface area contributed by atoms with Gasteiger partial charge in [-0.15, -0.1) is 0 Å². The van der Waals surface area contributed by atoms with E-state index in [0.717, 1.165) is 44.3 Å². The number of hydrogen-bond donors (Lipinski definition) is 1. The molecule has 2 aromatic rings. The Hall–Kier alpha value is -2.20. The van der Waals surface area contributed by atoms with Gasteiger partial charge in [0.2, 0.25) is 0 Å². The van der Waals surface area contributed by atoms with Gasteiger partial charge < -0.3 is 5.11 Å². The summed E-state index contributed by atoms with van der Waals surface area (Å²) in [4.78, 5) is 14.8. The zero-order valence-corrected chi connectivity index (χ0v) is 14.8. The lowest BCUT2D eigenvalue weighted by Crippen LogP contribution is -2.35. The van der Waals surface area contributed by atoms with Crippen LogP contribution >= 0.6 is 0 Å². The van der Waals surface area contributed by atoms with E-state index in [4.69, 9.17) is 0 Å². The van der Waals surface area contributed by atoms with Crippen molar-refractivity contribution in [1.29, 1.82) is 0 Å². The number of halogens is 1. The molecule has 136 valence electrons. The smallest absolute Gasteiger partial charge is 0.162 e. The SMILES string of the molecule is O=C(CCCN1CCC2c3cccc(O)c3CCC21)c1ccc(F)cc1. The Morgan fingerprint density at radius 1 is 1.15 bits per heavy atom. The first-order chi connectivity index (χ1) is 12.6. The molecule has 0 saturated carbocycles. The van der Waals surface area contributed by atoms with E-state index < -0.39 is 0 Å². The van der Waals surface area contributed by atoms with E-state index in [0.29, 0.717) is 29.7 Å². The molecule has 0 spiro atoms. The molecule has 4 heteroatoms. The fraction of sp³-hybridized carbons (Fsp3) is 0.409. The van der Waals surface area contributed by atoms with Crippen molar-refractivity contribution < 1.29 is 14.3 Å². The molecule has 1 fully saturated rings. The second-order valence-corrected chi connectivity index (χ2v) is 7.42. The number of Topliss-reactive ketones (excluding diaryl/α,β-unsaturated/α-hetero) is 1. The predicted molar refractivity (Wildman–Crippen MR) is 99.1 cm³/mol. The van der Waals surface area contributed by atoms with Crippen molar-refractivity contribution in [3.8, 4) is 5.75 Å². The quantitative estimate of drug-likeness (QED) is 0.815. The van der Waals surface area contributed by atoms with E-state index >= 15 is 0 Å². The molecule has 2 aromatic carbocycles. The number of likely N-dealkylation sites (tertiary alicyclic amines) is 1. The minimum Gasteiger partial charge on any atom is -0.508 e. The van der Waals surface area contributed by atoms with Gasteiger partial charge in [0.15, 0.2) is 5.78 Å². The molecule has 1 aliphatic heterocycles. The third-order valence-electron chi connectivity index (χ3n) is 5.95. The van der Waals surface area contributed by atoms with Gasteiger partial charge in [-0.1, -0.05) is 12.1 Å². The molecule has 1 N–H and O–H groups in total. The number of carbonyl (C=O) groups excluding carboxylic acids is 1. The van der Waals surface area contributed by atoms with Crippen LogP contribution in [0.5, 0.6) is 5.75 Å². The van der Waals surface area contributed by atoms with E-state index in [1.165, 1.54) is 17.7 Å². The van der Waals surface area contributed by atoms with Crippen LogP contribution in [-0.2, 0) is 6.42 Å². The summed E-state index contributed by atoms with van der Waals surface area (Å²) in [5.41, 5.74) is 3.03. The van der Waals surface area contributed by atoms with Crippen LogP contribution < -0.4 is 0 Å². The second kappa shape index (κ2) is 7.20. The average Bonchev–Trinajstić information content (AvgIpc) is 3.06. The Morgan fingerprint density at radius 2 is 1.96 bits per heavy atom. The summed E-state index contributed by atoms with van der Waals surface area (Å²) >= 11 is 0. The Bertz CT molecular complexity index is 802. The summed E-state index contributed by atoms with van der Waals surface area (Å²) in [6.07, 6.45) is 4.44. The molecule has 4 rings (SSSR count). The molecule has 0 aromatic heterocycles. The highest BCUT2D eigenvalue weighted by atomic mass is 19.1. The second-order valence-electron chi connectivity index (χ2n) is 7.42. The number of fused-ring (bicyclic) bond motifs is 3. The minimum atomic E-state index is -0.312. The monoisotopic (exact) mass is 353 g/mol. The third kappa shape index (κ3) is 3.26. The van der Waals surface area contributed by atoms with Crippen molar-refractivity contribution in [3.63, 3.8) is 0 Å². The number of phenolic OH excluding ortho intramolecular Hbond substituents is 1. The normalized spacial score (nSPS) is 22.0. The molecule has 2 atom stereocenters. The van der Waals surface area contributed by atoms with Gasteiger partial charge >= 0.3 is 0 Å². The molecule has 2 unspecified atom stereocenters. The number of hydrogen-bond acceptors (Lipinski definition) is 3. The van der Waals surface area contributed by atoms with Crippen molar-refractivity contribution in [1.82, 2.24) is 4.90 Å². The van der Waals surface area contributed by atoms with E-state index in [-0.39, 0.29) is 11.6 Å². The number of benzene rings is 2. The van der Waals surface area contributed by atoms with Crippen molar-refractivity contribution in [3.05, 3.63) is 65.0 Å². The van der Waals surface area contributed by atoms with Crippen molar-refractivity contribution >= 4 is 5.78 Å². The van der Waals surface area contributed by atoms with E-state index in [2.05, 4.69) is 11.0 Å². The predicted octanol–water partition coefficient (Wildman–Crippen LogP) is 4.30. The first-order valence-corrected chi connectivity index (χ1v) is 9.47. The molecule has 1 aliphatic carbocycles. The summed E-state index contributed by atoms with van der Waals surface area (Å²) < 4.78 is 13.0. The average molecular weight is 353 g/mol. The zero-order chi connectivity index (χ0) is 18.1. The highest BCUT2D eigenvalue weighted by molar-refractivity contribution is 5.95. The maximum Gasteiger partial charge on any atom is 0.162 e. The third-order valence-corrected chi connectivity index (χ3v) is 5.95. The molecule has 0 amide bonds. The molecule has 26 heavy (non-hydrogen) atoms. The molecule has 3 nitrogen and oxygen atoms in total. The van der Waals surface area contributed by atoms with Gasteiger partial charge in [-0.2, -0.15) is 0 Å². The summed E-state index contributed by atoms with van der Waals surface area (Å²) in [5, 5.41) is 10.1. The summed E-state index contributed by atoms with van der Waals surface area (Å²) in [7, 11) is 0. The number of rotatable bonds is 5. The Labute approximate surface area is 153 Å². The minimum absolute atomic E-state index is 0.0830. The highest BCUT2D eigenvalue weighted by Gasteiger charge is 2.38. The molecular weight excluding hydrogens is 329 g/mol. The summed E-state index contributed by atoms with van der Waals surface area (Å²) in [6, 6.07) is 12.2. The lowest BCUT2D eigenvalue weighted by molar-refractivity contribution is 0.0972. The van der Waals surface area contributed by atoms with E-state index in [1.54, 1.807) is 18.2 Å². The van der Waals surface area contributed by atoms with Crippen LogP contribution in [0.15, 0.2) is 42.5 Å².